The summed E-state index contributed by atoms with van der Waals surface area (Å²) < 4.78 is 39.6. The van der Waals surface area contributed by atoms with Gasteiger partial charge in [-0.25, -0.2) is 0 Å². The number of nitrogens with zero attached hydrogens (tertiary/aromatic N) is 3. The van der Waals surface area contributed by atoms with E-state index < -0.39 is 0 Å². The van der Waals surface area contributed by atoms with Crippen molar-refractivity contribution >= 4 is 34.9 Å². The predicted octanol–water partition coefficient (Wildman–Crippen LogP) is 31.0. The maximum absolute atomic E-state index is 6.72. The van der Waals surface area contributed by atoms with Crippen LogP contribution in [0.2, 0.25) is 0 Å². The lowest BCUT2D eigenvalue weighted by molar-refractivity contribution is 0.114. The largest absolute Gasteiger partial charge is 0.493 e. The number of ether oxygens (including phenoxy) is 6. The van der Waals surface area contributed by atoms with E-state index in [4.69, 9.17) is 43.4 Å². The van der Waals surface area contributed by atoms with Gasteiger partial charge >= 0.3 is 0 Å². The molecule has 12 heteroatoms. The van der Waals surface area contributed by atoms with Crippen LogP contribution < -0.4 is 39.6 Å². The maximum atomic E-state index is 6.72. The number of unbranched alkanes of at least 4 members (excludes halogenated alkanes) is 54. The SMILES string of the molecule is CCCCCCCCCCCCOCc1ccc(Nc2nc(Nc3ccc(OCCCCCCCCCCCC)c(OCCCCCCCCCCCC)c3)nc(Nc3ccc(OCCCCCCCCCCCC)c(OCCCCCCCCCCCC)c3)n2)cc1OCCCCCCCCCCCC. The topological polar surface area (TPSA) is 130 Å². The van der Waals surface area contributed by atoms with Gasteiger partial charge in [-0.15, -0.1) is 0 Å². The minimum absolute atomic E-state index is 0.378. The van der Waals surface area contributed by atoms with E-state index in [1.807, 2.05) is 24.3 Å². The number of rotatable bonds is 79. The van der Waals surface area contributed by atoms with Gasteiger partial charge in [0.25, 0.3) is 0 Å². The van der Waals surface area contributed by atoms with Crippen molar-refractivity contribution in [2.75, 3.05) is 55.6 Å². The summed E-state index contributed by atoms with van der Waals surface area (Å²) in [6.45, 7) is 18.2. The fourth-order valence-corrected chi connectivity index (χ4v) is 14.2. The van der Waals surface area contributed by atoms with E-state index in [-0.39, 0.29) is 0 Å². The third-order valence-electron chi connectivity index (χ3n) is 21.0. The first-order chi connectivity index (χ1) is 52.5. The predicted molar refractivity (Wildman–Crippen MR) is 457 cm³/mol. The zero-order valence-corrected chi connectivity index (χ0v) is 69.9. The molecule has 12 nitrogen and oxygen atoms in total. The van der Waals surface area contributed by atoms with Crippen LogP contribution in [-0.4, -0.2) is 54.6 Å². The monoisotopic (exact) mass is 1470 g/mol. The molecule has 0 fully saturated rings. The molecular formula is C94H164N6O6. The van der Waals surface area contributed by atoms with Gasteiger partial charge in [-0.05, 0) is 68.9 Å². The van der Waals surface area contributed by atoms with Gasteiger partial charge < -0.3 is 44.4 Å². The van der Waals surface area contributed by atoms with Crippen molar-refractivity contribution in [1.82, 2.24) is 15.0 Å². The third kappa shape index (κ3) is 50.7. The molecule has 1 aromatic heterocycles. The van der Waals surface area contributed by atoms with Crippen LogP contribution in [0.5, 0.6) is 28.7 Å². The molecular weight excluding hydrogens is 1310 g/mol. The lowest BCUT2D eigenvalue weighted by Crippen LogP contribution is -2.09. The van der Waals surface area contributed by atoms with E-state index in [1.165, 1.54) is 327 Å². The summed E-state index contributed by atoms with van der Waals surface area (Å²) in [5, 5.41) is 10.8. The molecule has 4 aromatic rings. The van der Waals surface area contributed by atoms with Crippen molar-refractivity contribution < 1.29 is 28.4 Å². The summed E-state index contributed by atoms with van der Waals surface area (Å²) in [5.41, 5.74) is 3.46. The van der Waals surface area contributed by atoms with Gasteiger partial charge in [0, 0.05) is 47.4 Å². The van der Waals surface area contributed by atoms with Gasteiger partial charge in [0.15, 0.2) is 23.0 Å². The van der Waals surface area contributed by atoms with Crippen LogP contribution in [0.3, 0.4) is 0 Å². The molecule has 0 saturated heterocycles. The molecule has 0 aliphatic carbocycles. The second kappa shape index (κ2) is 69.2. The number of anilines is 6. The Hall–Kier alpha value is -4.97. The first-order valence-corrected chi connectivity index (χ1v) is 45.7. The first kappa shape index (κ1) is 93.4. The van der Waals surface area contributed by atoms with Gasteiger partial charge in [-0.3, -0.25) is 0 Å². The second-order valence-corrected chi connectivity index (χ2v) is 31.2. The number of hydrogen-bond donors (Lipinski definition) is 3. The number of nitrogens with one attached hydrogen (secondary N) is 3. The van der Waals surface area contributed by atoms with Crippen molar-refractivity contribution in [2.45, 2.75) is 433 Å². The Kier molecular flexibility index (Phi) is 61.0. The molecule has 0 atom stereocenters. The molecule has 0 aliphatic heterocycles. The second-order valence-electron chi connectivity index (χ2n) is 31.2. The Morgan fingerprint density at radius 1 is 0.208 bits per heavy atom. The molecule has 606 valence electrons. The highest BCUT2D eigenvalue weighted by Gasteiger charge is 2.16. The van der Waals surface area contributed by atoms with Gasteiger partial charge in [0.2, 0.25) is 17.8 Å². The molecule has 0 amide bonds. The summed E-state index contributed by atoms with van der Waals surface area (Å²) in [6, 6.07) is 18.6. The average molecular weight is 1470 g/mol. The van der Waals surface area contributed by atoms with Gasteiger partial charge in [-0.2, -0.15) is 15.0 Å². The average Bonchev–Trinajstić information content (AvgIpc) is 0.827. The molecule has 1 heterocycles. The summed E-state index contributed by atoms with van der Waals surface area (Å²) in [4.78, 5) is 15.3. The lowest BCUT2D eigenvalue weighted by atomic mass is 10.1. The van der Waals surface area contributed by atoms with Crippen LogP contribution in [0.4, 0.5) is 34.9 Å². The Labute approximate surface area is 652 Å². The zero-order valence-electron chi connectivity index (χ0n) is 69.9. The minimum atomic E-state index is 0.378. The number of hydrogen-bond acceptors (Lipinski definition) is 12. The molecule has 106 heavy (non-hydrogen) atoms. The smallest absolute Gasteiger partial charge is 0.233 e. The lowest BCUT2D eigenvalue weighted by Gasteiger charge is -2.17. The van der Waals surface area contributed by atoms with Crippen LogP contribution in [0, 0.1) is 0 Å². The zero-order chi connectivity index (χ0) is 75.2. The van der Waals surface area contributed by atoms with Crippen LogP contribution in [0.1, 0.15) is 432 Å². The van der Waals surface area contributed by atoms with E-state index in [9.17, 15) is 0 Å². The van der Waals surface area contributed by atoms with E-state index in [2.05, 4.69) is 87.8 Å². The highest BCUT2D eigenvalue weighted by atomic mass is 16.5. The first-order valence-electron chi connectivity index (χ1n) is 45.7. The maximum Gasteiger partial charge on any atom is 0.233 e. The number of aromatic nitrogens is 3. The Morgan fingerprint density at radius 2 is 0.406 bits per heavy atom. The Balaban J connectivity index is 1.63. The highest BCUT2D eigenvalue weighted by molar-refractivity contribution is 5.66. The quantitative estimate of drug-likeness (QED) is 0.0364. The van der Waals surface area contributed by atoms with Crippen LogP contribution in [-0.2, 0) is 11.3 Å². The minimum Gasteiger partial charge on any atom is -0.493 e. The normalized spacial score (nSPS) is 11.4. The van der Waals surface area contributed by atoms with E-state index in [0.717, 1.165) is 116 Å². The molecule has 0 spiro atoms. The summed E-state index contributed by atoms with van der Waals surface area (Å²) in [5.74, 6) is 4.98. The van der Waals surface area contributed by atoms with Crippen molar-refractivity contribution in [2.24, 2.45) is 0 Å². The molecule has 0 unspecified atom stereocenters. The van der Waals surface area contributed by atoms with Gasteiger partial charge in [-0.1, -0.05) is 394 Å². The van der Waals surface area contributed by atoms with E-state index in [1.54, 1.807) is 0 Å². The highest BCUT2D eigenvalue weighted by Crippen LogP contribution is 2.36. The van der Waals surface area contributed by atoms with E-state index in [0.29, 0.717) is 57.5 Å². The molecule has 4 rings (SSSR count). The van der Waals surface area contributed by atoms with Crippen LogP contribution in [0.25, 0.3) is 0 Å². The summed E-state index contributed by atoms with van der Waals surface area (Å²) in [6.07, 6.45) is 77.0. The molecule has 3 aromatic carbocycles. The molecule has 0 saturated carbocycles. The Bertz CT molecular complexity index is 2460. The Morgan fingerprint density at radius 3 is 0.660 bits per heavy atom. The van der Waals surface area contributed by atoms with Crippen LogP contribution >= 0.6 is 0 Å². The van der Waals surface area contributed by atoms with Gasteiger partial charge in [0.1, 0.15) is 5.75 Å². The summed E-state index contributed by atoms with van der Waals surface area (Å²) >= 11 is 0. The van der Waals surface area contributed by atoms with Crippen molar-refractivity contribution in [3.63, 3.8) is 0 Å². The molecule has 0 radical (unpaired) electrons. The fourth-order valence-electron chi connectivity index (χ4n) is 14.2. The number of benzene rings is 3. The third-order valence-corrected chi connectivity index (χ3v) is 21.0. The van der Waals surface area contributed by atoms with Crippen molar-refractivity contribution in [3.8, 4) is 28.7 Å². The van der Waals surface area contributed by atoms with Gasteiger partial charge in [0.05, 0.1) is 39.6 Å². The van der Waals surface area contributed by atoms with Crippen molar-refractivity contribution in [3.05, 3.63) is 60.2 Å². The summed E-state index contributed by atoms with van der Waals surface area (Å²) in [7, 11) is 0. The molecule has 0 aliphatic rings. The van der Waals surface area contributed by atoms with Crippen LogP contribution in [0.15, 0.2) is 54.6 Å². The fraction of sp³-hybridized carbons (Fsp3) is 0.777. The van der Waals surface area contributed by atoms with Crippen molar-refractivity contribution in [1.29, 1.82) is 0 Å². The standard InChI is InChI=1S/C94H164N6O6/c1-7-13-19-25-31-37-43-49-55-61-73-101-82-83-67-68-84(79-89(83)104-76-64-58-52-46-40-34-28-22-16-10-4)95-92-98-93(96-85-69-71-87(102-74-62-56-50-44-38-32-26-20-14-8-2)90(80-85)105-77-65-59-53-47-41-35-29-23-17-11-5)100-94(99-92)97-86-70-72-88(103-75-63-57-51-45-39-33-27-21-15-9-3)91(81-86)106-78-66-60-54-48-42-36-30-24-18-12-6/h67-72,79-81H,7-66,73-78,82H2,1-6H3,(H3,95,96,97,98,99,100). The molecule has 0 bridgehead atoms. The molecule has 3 N–H and O–H groups in total. The van der Waals surface area contributed by atoms with E-state index >= 15 is 0 Å².